The first-order chi connectivity index (χ1) is 6.59. The molecule has 1 aromatic carbocycles. The van der Waals surface area contributed by atoms with Crippen LogP contribution < -0.4 is 0 Å². The molecule has 0 radical (unpaired) electrons. The van der Waals surface area contributed by atoms with E-state index >= 15 is 0 Å². The van der Waals surface area contributed by atoms with Gasteiger partial charge in [0.1, 0.15) is 11.0 Å². The molecule has 14 heavy (non-hydrogen) atoms. The Kier molecular flexibility index (Phi) is 2.33. The van der Waals surface area contributed by atoms with Gasteiger partial charge in [-0.05, 0) is 30.7 Å². The van der Waals surface area contributed by atoms with Crippen LogP contribution in [0.25, 0.3) is 10.9 Å². The van der Waals surface area contributed by atoms with E-state index in [4.69, 9.17) is 23.2 Å². The maximum Gasteiger partial charge on any atom is 0.142 e. The second-order valence-electron chi connectivity index (χ2n) is 3.02. The van der Waals surface area contributed by atoms with Crippen molar-refractivity contribution < 1.29 is 4.39 Å². The minimum atomic E-state index is -0.442. The monoisotopic (exact) mass is 229 g/mol. The number of rotatable bonds is 0. The lowest BCUT2D eigenvalue weighted by Gasteiger charge is -2.03. The van der Waals surface area contributed by atoms with E-state index in [1.54, 1.807) is 19.1 Å². The normalized spacial score (nSPS) is 10.9. The van der Waals surface area contributed by atoms with Gasteiger partial charge in [0.15, 0.2) is 0 Å². The van der Waals surface area contributed by atoms with Crippen LogP contribution in [0.15, 0.2) is 18.2 Å². The van der Waals surface area contributed by atoms with E-state index < -0.39 is 5.82 Å². The Labute approximate surface area is 90.5 Å². The molecule has 0 amide bonds. The third kappa shape index (κ3) is 1.45. The van der Waals surface area contributed by atoms with Gasteiger partial charge >= 0.3 is 0 Å². The van der Waals surface area contributed by atoms with Crippen molar-refractivity contribution in [2.75, 3.05) is 0 Å². The van der Waals surface area contributed by atoms with Crippen LogP contribution in [-0.4, -0.2) is 4.98 Å². The van der Waals surface area contributed by atoms with Gasteiger partial charge in [-0.3, -0.25) is 0 Å². The number of benzene rings is 1. The summed E-state index contributed by atoms with van der Waals surface area (Å²) in [5.41, 5.74) is 1.39. The van der Waals surface area contributed by atoms with Crippen LogP contribution >= 0.6 is 23.2 Å². The molecule has 0 N–H and O–H groups in total. The predicted octanol–water partition coefficient (Wildman–Crippen LogP) is 3.99. The Balaban J connectivity index is 2.89. The lowest BCUT2D eigenvalue weighted by molar-refractivity contribution is 0.630. The van der Waals surface area contributed by atoms with Crippen LogP contribution in [0.5, 0.6) is 0 Å². The van der Waals surface area contributed by atoms with E-state index in [1.807, 2.05) is 0 Å². The van der Waals surface area contributed by atoms with E-state index in [0.717, 1.165) is 5.56 Å². The molecule has 0 spiro atoms. The van der Waals surface area contributed by atoms with Crippen molar-refractivity contribution in [2.45, 2.75) is 6.92 Å². The highest BCUT2D eigenvalue weighted by molar-refractivity contribution is 6.36. The molecule has 0 aliphatic carbocycles. The Bertz CT molecular complexity index is 511. The Morgan fingerprint density at radius 2 is 2.00 bits per heavy atom. The summed E-state index contributed by atoms with van der Waals surface area (Å²) in [5.74, 6) is -0.442. The van der Waals surface area contributed by atoms with Gasteiger partial charge in [0.25, 0.3) is 0 Å². The van der Waals surface area contributed by atoms with Gasteiger partial charge in [-0.25, -0.2) is 9.37 Å². The highest BCUT2D eigenvalue weighted by Crippen LogP contribution is 2.28. The first kappa shape index (κ1) is 9.69. The SMILES string of the molecule is Cc1cc2c(Cl)c(F)ccc2nc1Cl. The summed E-state index contributed by atoms with van der Waals surface area (Å²) in [7, 11) is 0. The third-order valence-corrected chi connectivity index (χ3v) is 2.78. The third-order valence-electron chi connectivity index (χ3n) is 2.01. The van der Waals surface area contributed by atoms with Gasteiger partial charge < -0.3 is 0 Å². The van der Waals surface area contributed by atoms with Crippen molar-refractivity contribution in [1.29, 1.82) is 0 Å². The molecule has 2 aromatic rings. The van der Waals surface area contributed by atoms with E-state index in [2.05, 4.69) is 4.98 Å². The summed E-state index contributed by atoms with van der Waals surface area (Å²) >= 11 is 11.6. The van der Waals surface area contributed by atoms with Gasteiger partial charge in [-0.15, -0.1) is 0 Å². The van der Waals surface area contributed by atoms with Crippen LogP contribution in [0, 0.1) is 12.7 Å². The molecule has 0 atom stereocenters. The minimum Gasteiger partial charge on any atom is -0.236 e. The van der Waals surface area contributed by atoms with Gasteiger partial charge in [-0.2, -0.15) is 0 Å². The summed E-state index contributed by atoms with van der Waals surface area (Å²) in [6.07, 6.45) is 0. The zero-order chi connectivity index (χ0) is 10.3. The molecule has 2 rings (SSSR count). The molecule has 0 bridgehead atoms. The second-order valence-corrected chi connectivity index (χ2v) is 3.76. The fourth-order valence-corrected chi connectivity index (χ4v) is 1.62. The van der Waals surface area contributed by atoms with Crippen LogP contribution in [0.4, 0.5) is 4.39 Å². The molecule has 4 heteroatoms. The topological polar surface area (TPSA) is 12.9 Å². The Morgan fingerprint density at radius 3 is 2.71 bits per heavy atom. The molecule has 1 nitrogen and oxygen atoms in total. The molecule has 0 unspecified atom stereocenters. The number of nitrogens with zero attached hydrogens (tertiary/aromatic N) is 1. The zero-order valence-electron chi connectivity index (χ0n) is 7.31. The largest absolute Gasteiger partial charge is 0.236 e. The number of pyridine rings is 1. The van der Waals surface area contributed by atoms with Crippen molar-refractivity contribution in [1.82, 2.24) is 4.98 Å². The van der Waals surface area contributed by atoms with Crippen LogP contribution in [0.3, 0.4) is 0 Å². The average Bonchev–Trinajstić information content (AvgIpc) is 2.15. The minimum absolute atomic E-state index is 0.0924. The van der Waals surface area contributed by atoms with Gasteiger partial charge in [-0.1, -0.05) is 23.2 Å². The molecular weight excluding hydrogens is 224 g/mol. The maximum absolute atomic E-state index is 13.1. The molecule has 1 aromatic heterocycles. The number of aromatic nitrogens is 1. The number of halogens is 3. The molecular formula is C10H6Cl2FN. The van der Waals surface area contributed by atoms with Crippen molar-refractivity contribution in [3.63, 3.8) is 0 Å². The second kappa shape index (κ2) is 3.37. The van der Waals surface area contributed by atoms with Crippen molar-refractivity contribution in [3.8, 4) is 0 Å². The van der Waals surface area contributed by atoms with Crippen molar-refractivity contribution in [2.24, 2.45) is 0 Å². The highest BCUT2D eigenvalue weighted by atomic mass is 35.5. The molecule has 0 saturated carbocycles. The van der Waals surface area contributed by atoms with Crippen LogP contribution in [0.1, 0.15) is 5.56 Å². The smallest absolute Gasteiger partial charge is 0.142 e. The van der Waals surface area contributed by atoms with Crippen molar-refractivity contribution in [3.05, 3.63) is 39.8 Å². The summed E-state index contributed by atoms with van der Waals surface area (Å²) in [6, 6.07) is 4.57. The molecule has 0 saturated heterocycles. The van der Waals surface area contributed by atoms with Gasteiger partial charge in [0, 0.05) is 5.39 Å². The fraction of sp³-hybridized carbons (Fsp3) is 0.100. The predicted molar refractivity (Wildman–Crippen MR) is 56.5 cm³/mol. The van der Waals surface area contributed by atoms with E-state index in [9.17, 15) is 4.39 Å². The lowest BCUT2D eigenvalue weighted by atomic mass is 10.2. The zero-order valence-corrected chi connectivity index (χ0v) is 8.83. The summed E-state index contributed by atoms with van der Waals surface area (Å²) in [6.45, 7) is 1.80. The fourth-order valence-electron chi connectivity index (χ4n) is 1.26. The molecule has 72 valence electrons. The van der Waals surface area contributed by atoms with E-state index in [-0.39, 0.29) is 5.02 Å². The van der Waals surface area contributed by atoms with Crippen LogP contribution in [-0.2, 0) is 0 Å². The van der Waals surface area contributed by atoms with E-state index in [0.29, 0.717) is 16.1 Å². The Hall–Kier alpha value is -0.860. The number of aryl methyl sites for hydroxylation is 1. The summed E-state index contributed by atoms with van der Waals surface area (Å²) < 4.78 is 13.1. The Morgan fingerprint density at radius 1 is 1.29 bits per heavy atom. The standard InChI is InChI=1S/C10H6Cl2FN/c1-5-4-6-8(14-10(5)12)3-2-7(13)9(6)11/h2-4H,1H3. The maximum atomic E-state index is 13.1. The first-order valence-electron chi connectivity index (χ1n) is 4.00. The quantitative estimate of drug-likeness (QED) is 0.623. The number of hydrogen-bond acceptors (Lipinski definition) is 1. The number of hydrogen-bond donors (Lipinski definition) is 0. The van der Waals surface area contributed by atoms with Crippen LogP contribution in [0.2, 0.25) is 10.2 Å². The first-order valence-corrected chi connectivity index (χ1v) is 4.76. The number of fused-ring (bicyclic) bond motifs is 1. The molecule has 0 fully saturated rings. The van der Waals surface area contributed by atoms with Crippen molar-refractivity contribution >= 4 is 34.1 Å². The highest BCUT2D eigenvalue weighted by Gasteiger charge is 2.08. The summed E-state index contributed by atoms with van der Waals surface area (Å²) in [4.78, 5) is 4.09. The lowest BCUT2D eigenvalue weighted by Crippen LogP contribution is -1.87. The molecule has 1 heterocycles. The summed E-state index contributed by atoms with van der Waals surface area (Å²) in [5, 5.41) is 1.10. The van der Waals surface area contributed by atoms with Gasteiger partial charge in [0.2, 0.25) is 0 Å². The van der Waals surface area contributed by atoms with Gasteiger partial charge in [0.05, 0.1) is 10.5 Å². The molecule has 0 aliphatic rings. The molecule has 0 aliphatic heterocycles. The average molecular weight is 230 g/mol. The van der Waals surface area contributed by atoms with E-state index in [1.165, 1.54) is 6.07 Å².